The number of rotatable bonds is 11. The smallest absolute Gasteiger partial charge is 0.352 e. The van der Waals surface area contributed by atoms with Gasteiger partial charge in [-0.15, -0.1) is 0 Å². The van der Waals surface area contributed by atoms with E-state index in [1.165, 1.54) is 0 Å². The number of nitrogens with two attached hydrogens (primary N) is 1. The molecule has 0 aromatic heterocycles. The van der Waals surface area contributed by atoms with Crippen molar-refractivity contribution in [2.45, 2.75) is 51.0 Å². The number of carbonyl (C=O) groups is 3. The molecule has 0 aliphatic carbocycles. The normalized spacial score (nSPS) is 15.4. The van der Waals surface area contributed by atoms with Gasteiger partial charge in [0.05, 0.1) is 19.2 Å². The van der Waals surface area contributed by atoms with Crippen LogP contribution in [0.2, 0.25) is 0 Å². The summed E-state index contributed by atoms with van der Waals surface area (Å²) in [6, 6.07) is 15.4. The van der Waals surface area contributed by atoms with Gasteiger partial charge in [-0.25, -0.2) is 9.59 Å². The van der Waals surface area contributed by atoms with Crippen molar-refractivity contribution in [1.82, 2.24) is 5.32 Å². The summed E-state index contributed by atoms with van der Waals surface area (Å²) in [5.74, 6) is -3.21. The van der Waals surface area contributed by atoms with Crippen LogP contribution in [0.5, 0.6) is 0 Å². The third kappa shape index (κ3) is 6.63. The molecule has 1 amide bonds. The lowest BCUT2D eigenvalue weighted by molar-refractivity contribution is -0.187. The molecule has 4 atom stereocenters. The zero-order valence-corrected chi connectivity index (χ0v) is 19.2. The van der Waals surface area contributed by atoms with E-state index in [2.05, 4.69) is 5.32 Å². The van der Waals surface area contributed by atoms with Gasteiger partial charge >= 0.3 is 11.9 Å². The highest BCUT2D eigenvalue weighted by Gasteiger charge is 2.54. The summed E-state index contributed by atoms with van der Waals surface area (Å²) in [5.41, 5.74) is 4.61. The molecule has 0 radical (unpaired) electrons. The fourth-order valence-corrected chi connectivity index (χ4v) is 3.29. The second kappa shape index (κ2) is 12.1. The molecule has 0 saturated heterocycles. The lowest BCUT2D eigenvalue weighted by Crippen LogP contribution is -2.65. The summed E-state index contributed by atoms with van der Waals surface area (Å²) in [5, 5.41) is 14.0. The molecule has 178 valence electrons. The van der Waals surface area contributed by atoms with Gasteiger partial charge in [0.1, 0.15) is 6.61 Å². The number of benzene rings is 2. The molecule has 0 spiro atoms. The van der Waals surface area contributed by atoms with Crippen molar-refractivity contribution < 1.29 is 29.0 Å². The van der Waals surface area contributed by atoms with Gasteiger partial charge < -0.3 is 25.6 Å². The van der Waals surface area contributed by atoms with Crippen molar-refractivity contribution >= 4 is 17.8 Å². The number of hydrogen-bond donors (Lipinski definition) is 3. The van der Waals surface area contributed by atoms with E-state index < -0.39 is 35.5 Å². The Morgan fingerprint density at radius 2 is 1.55 bits per heavy atom. The Morgan fingerprint density at radius 3 is 2.06 bits per heavy atom. The third-order valence-corrected chi connectivity index (χ3v) is 5.68. The highest BCUT2D eigenvalue weighted by atomic mass is 16.6. The fraction of sp³-hybridized carbons (Fsp3) is 0.400. The quantitative estimate of drug-likeness (QED) is 0.347. The topological polar surface area (TPSA) is 128 Å². The largest absolute Gasteiger partial charge is 0.466 e. The molecular formula is C25H32N2O6. The number of ether oxygens (including phenoxy) is 2. The summed E-state index contributed by atoms with van der Waals surface area (Å²) >= 11 is 0. The Hall–Kier alpha value is -3.23. The van der Waals surface area contributed by atoms with E-state index in [1.54, 1.807) is 54.6 Å². The molecule has 2 rings (SSSR count). The van der Waals surface area contributed by atoms with Crippen LogP contribution >= 0.6 is 0 Å². The van der Waals surface area contributed by atoms with Crippen LogP contribution in [0.4, 0.5) is 0 Å². The fourth-order valence-electron chi connectivity index (χ4n) is 3.29. The molecule has 33 heavy (non-hydrogen) atoms. The molecule has 0 saturated carbocycles. The van der Waals surface area contributed by atoms with E-state index in [0.29, 0.717) is 17.5 Å². The van der Waals surface area contributed by atoms with E-state index in [1.807, 2.05) is 19.9 Å². The summed E-state index contributed by atoms with van der Waals surface area (Å²) < 4.78 is 10.0. The number of amides is 1. The molecule has 0 fully saturated rings. The first-order valence-electron chi connectivity index (χ1n) is 10.9. The van der Waals surface area contributed by atoms with Gasteiger partial charge in [0.15, 0.2) is 0 Å². The van der Waals surface area contributed by atoms with Gasteiger partial charge in [-0.2, -0.15) is 0 Å². The molecule has 0 unspecified atom stereocenters. The van der Waals surface area contributed by atoms with E-state index in [9.17, 15) is 19.5 Å². The Kier molecular flexibility index (Phi) is 9.57. The van der Waals surface area contributed by atoms with Gasteiger partial charge in [0.2, 0.25) is 5.91 Å². The van der Waals surface area contributed by atoms with E-state index in [0.717, 1.165) is 7.11 Å². The second-order valence-electron chi connectivity index (χ2n) is 7.98. The van der Waals surface area contributed by atoms with Crippen LogP contribution in [-0.2, 0) is 36.9 Å². The Labute approximate surface area is 194 Å². The van der Waals surface area contributed by atoms with Gasteiger partial charge in [-0.05, 0) is 23.5 Å². The van der Waals surface area contributed by atoms with Gasteiger partial charge in [-0.1, -0.05) is 80.9 Å². The number of carbonyl (C=O) groups excluding carboxylic acids is 3. The molecule has 8 nitrogen and oxygen atoms in total. The van der Waals surface area contributed by atoms with Crippen molar-refractivity contribution in [3.63, 3.8) is 0 Å². The van der Waals surface area contributed by atoms with Crippen LogP contribution in [0.1, 0.15) is 31.4 Å². The van der Waals surface area contributed by atoms with E-state index in [-0.39, 0.29) is 18.9 Å². The monoisotopic (exact) mass is 456 g/mol. The first-order chi connectivity index (χ1) is 15.7. The number of esters is 2. The molecule has 2 aromatic carbocycles. The van der Waals surface area contributed by atoms with E-state index in [4.69, 9.17) is 15.2 Å². The third-order valence-electron chi connectivity index (χ3n) is 5.68. The molecule has 8 heteroatoms. The minimum atomic E-state index is -2.79. The first-order valence-corrected chi connectivity index (χ1v) is 10.9. The first kappa shape index (κ1) is 26.0. The Balaban J connectivity index is 2.37. The van der Waals surface area contributed by atoms with Gasteiger partial charge in [0, 0.05) is 0 Å². The predicted octanol–water partition coefficient (Wildman–Crippen LogP) is 1.73. The summed E-state index contributed by atoms with van der Waals surface area (Å²) in [7, 11) is 1.05. The minimum absolute atomic E-state index is 0.0359. The van der Waals surface area contributed by atoms with Crippen molar-refractivity contribution in [2.24, 2.45) is 11.7 Å². The number of hydrogen-bond acceptors (Lipinski definition) is 7. The molecule has 2 aromatic rings. The van der Waals surface area contributed by atoms with Crippen LogP contribution in [0, 0.1) is 5.92 Å². The van der Waals surface area contributed by atoms with Crippen molar-refractivity contribution in [1.29, 1.82) is 0 Å². The van der Waals surface area contributed by atoms with Crippen molar-refractivity contribution in [3.8, 4) is 0 Å². The zero-order chi connectivity index (χ0) is 24.4. The van der Waals surface area contributed by atoms with Crippen LogP contribution in [0.25, 0.3) is 0 Å². The second-order valence-corrected chi connectivity index (χ2v) is 7.98. The highest BCUT2D eigenvalue weighted by Crippen LogP contribution is 2.21. The van der Waals surface area contributed by atoms with Crippen LogP contribution < -0.4 is 11.1 Å². The molecule has 0 bridgehead atoms. The number of nitrogens with one attached hydrogen (secondary N) is 1. The molecule has 4 N–H and O–H groups in total. The predicted molar refractivity (Wildman–Crippen MR) is 123 cm³/mol. The van der Waals surface area contributed by atoms with Crippen LogP contribution in [-0.4, -0.2) is 47.7 Å². The summed E-state index contributed by atoms with van der Waals surface area (Å²) in [6.07, 6.45) is 0.615. The lowest BCUT2D eigenvalue weighted by atomic mass is 9.88. The van der Waals surface area contributed by atoms with Gasteiger partial charge in [-0.3, -0.25) is 4.79 Å². The molecule has 0 heterocycles. The minimum Gasteiger partial charge on any atom is -0.466 e. The maximum Gasteiger partial charge on any atom is 0.352 e. The SMILES string of the molecule is CC[C@H](C)[C@H](N)C(=O)N[C@@H](Cc1ccccc1)[C@@](O)(C(=O)OC)C(=O)OCc1ccccc1. The van der Waals surface area contributed by atoms with Gasteiger partial charge in [0.25, 0.3) is 5.60 Å². The zero-order valence-electron chi connectivity index (χ0n) is 19.2. The molecular weight excluding hydrogens is 424 g/mol. The number of aliphatic hydroxyl groups is 1. The summed E-state index contributed by atoms with van der Waals surface area (Å²) in [4.78, 5) is 38.6. The standard InChI is InChI=1S/C25H32N2O6/c1-4-17(2)21(26)22(28)27-20(15-18-11-7-5-8-12-18)25(31,23(29)32-3)24(30)33-16-19-13-9-6-10-14-19/h5-14,17,20-21,31H,4,15-16,26H2,1-3H3,(H,27,28)/t17-,20-,21-,25+/m0/s1. The Bertz CT molecular complexity index is 921. The number of methoxy groups -OCH3 is 1. The maximum atomic E-state index is 13.1. The van der Waals surface area contributed by atoms with Crippen LogP contribution in [0.15, 0.2) is 60.7 Å². The van der Waals surface area contributed by atoms with Crippen LogP contribution in [0.3, 0.4) is 0 Å². The van der Waals surface area contributed by atoms with Crippen molar-refractivity contribution in [3.05, 3.63) is 71.8 Å². The van der Waals surface area contributed by atoms with Crippen molar-refractivity contribution in [2.75, 3.05) is 7.11 Å². The maximum absolute atomic E-state index is 13.1. The van der Waals surface area contributed by atoms with E-state index >= 15 is 0 Å². The average molecular weight is 457 g/mol. The Morgan fingerprint density at radius 1 is 1.00 bits per heavy atom. The summed E-state index contributed by atoms with van der Waals surface area (Å²) in [6.45, 7) is 3.54. The average Bonchev–Trinajstić information content (AvgIpc) is 2.85. The molecule has 0 aliphatic heterocycles. The lowest BCUT2D eigenvalue weighted by Gasteiger charge is -2.33. The molecule has 0 aliphatic rings. The highest BCUT2D eigenvalue weighted by molar-refractivity contribution is 6.05.